The first-order valence-electron chi connectivity index (χ1n) is 8.37. The fourth-order valence-electron chi connectivity index (χ4n) is 2.52. The van der Waals surface area contributed by atoms with Crippen molar-refractivity contribution in [3.8, 4) is 0 Å². The highest BCUT2D eigenvalue weighted by Gasteiger charge is 2.42. The van der Waals surface area contributed by atoms with Gasteiger partial charge in [0.1, 0.15) is 12.1 Å². The third kappa shape index (κ3) is 6.93. The summed E-state index contributed by atoms with van der Waals surface area (Å²) in [6, 6.07) is -1.02. The molecular formula is C16H26N2O6S. The molecule has 1 saturated heterocycles. The van der Waals surface area contributed by atoms with Gasteiger partial charge < -0.3 is 20.1 Å². The Morgan fingerprint density at radius 1 is 1.36 bits per heavy atom. The van der Waals surface area contributed by atoms with Crippen LogP contribution in [0.25, 0.3) is 0 Å². The topological polar surface area (TPSA) is 113 Å². The third-order valence-electron chi connectivity index (χ3n) is 3.86. The molecule has 0 saturated carbocycles. The van der Waals surface area contributed by atoms with Gasteiger partial charge in [0.25, 0.3) is 0 Å². The molecular weight excluding hydrogens is 348 g/mol. The predicted molar refractivity (Wildman–Crippen MR) is 93.2 cm³/mol. The highest BCUT2D eigenvalue weighted by Crippen LogP contribution is 2.24. The maximum atomic E-state index is 12.5. The van der Waals surface area contributed by atoms with Gasteiger partial charge in [-0.1, -0.05) is 32.0 Å². The van der Waals surface area contributed by atoms with Gasteiger partial charge in [0.15, 0.2) is 5.12 Å². The number of alkyl carbamates (subject to hydrolysis) is 1. The Bertz CT molecular complexity index is 513. The molecule has 8 nitrogen and oxygen atoms in total. The molecule has 1 unspecified atom stereocenters. The SMILES string of the molecule is CCCCNC(=O)O[C@@H]1C[C@@H](C(=O)O)N(C(=O)C(C)CSC(C)=O)C1. The number of carboxylic acid groups (broad SMARTS) is 1. The van der Waals surface area contributed by atoms with Gasteiger partial charge in [0.05, 0.1) is 6.54 Å². The molecule has 9 heteroatoms. The van der Waals surface area contributed by atoms with Gasteiger partial charge in [0.2, 0.25) is 5.91 Å². The van der Waals surface area contributed by atoms with Crippen LogP contribution < -0.4 is 5.32 Å². The molecule has 0 radical (unpaired) electrons. The largest absolute Gasteiger partial charge is 0.480 e. The minimum absolute atomic E-state index is 0.0477. The summed E-state index contributed by atoms with van der Waals surface area (Å²) in [6.07, 6.45) is 0.572. The Hall–Kier alpha value is -1.77. The Kier molecular flexibility index (Phi) is 8.74. The number of hydrogen-bond donors (Lipinski definition) is 2. The minimum Gasteiger partial charge on any atom is -0.480 e. The van der Waals surface area contributed by atoms with Crippen LogP contribution in [-0.4, -0.2) is 64.1 Å². The number of nitrogens with one attached hydrogen (secondary N) is 1. The van der Waals surface area contributed by atoms with Gasteiger partial charge in [-0.05, 0) is 6.42 Å². The number of nitrogens with zero attached hydrogens (tertiary/aromatic N) is 1. The normalized spacial score (nSPS) is 20.8. The number of ether oxygens (including phenoxy) is 1. The second-order valence-corrected chi connectivity index (χ2v) is 7.29. The van der Waals surface area contributed by atoms with Crippen LogP contribution in [0.15, 0.2) is 0 Å². The Labute approximate surface area is 151 Å². The number of likely N-dealkylation sites (tertiary alicyclic amines) is 1. The van der Waals surface area contributed by atoms with Crippen LogP contribution >= 0.6 is 11.8 Å². The number of carbonyl (C=O) groups excluding carboxylic acids is 3. The van der Waals surface area contributed by atoms with Crippen molar-refractivity contribution >= 4 is 34.8 Å². The van der Waals surface area contributed by atoms with Gasteiger partial charge in [-0.15, -0.1) is 0 Å². The van der Waals surface area contributed by atoms with Crippen molar-refractivity contribution in [2.45, 2.75) is 52.2 Å². The van der Waals surface area contributed by atoms with Gasteiger partial charge in [0, 0.05) is 31.6 Å². The molecule has 0 aromatic carbocycles. The summed E-state index contributed by atoms with van der Waals surface area (Å²) in [5.41, 5.74) is 0. The number of hydrogen-bond acceptors (Lipinski definition) is 6. The Morgan fingerprint density at radius 2 is 2.04 bits per heavy atom. The van der Waals surface area contributed by atoms with Crippen LogP contribution in [0, 0.1) is 5.92 Å². The van der Waals surface area contributed by atoms with Crippen LogP contribution in [0.5, 0.6) is 0 Å². The molecule has 3 atom stereocenters. The zero-order valence-corrected chi connectivity index (χ0v) is 15.6. The van der Waals surface area contributed by atoms with E-state index in [1.807, 2.05) is 6.92 Å². The monoisotopic (exact) mass is 374 g/mol. The maximum Gasteiger partial charge on any atom is 0.407 e. The second-order valence-electron chi connectivity index (χ2n) is 6.09. The summed E-state index contributed by atoms with van der Waals surface area (Å²) in [7, 11) is 0. The van der Waals surface area contributed by atoms with Gasteiger partial charge >= 0.3 is 12.1 Å². The quantitative estimate of drug-likeness (QED) is 0.619. The Morgan fingerprint density at radius 3 is 2.60 bits per heavy atom. The maximum absolute atomic E-state index is 12.5. The zero-order valence-electron chi connectivity index (χ0n) is 14.8. The van der Waals surface area contributed by atoms with Gasteiger partial charge in [-0.2, -0.15) is 0 Å². The molecule has 25 heavy (non-hydrogen) atoms. The van der Waals surface area contributed by atoms with E-state index in [4.69, 9.17) is 4.74 Å². The lowest BCUT2D eigenvalue weighted by Gasteiger charge is -2.24. The average molecular weight is 374 g/mol. The second kappa shape index (κ2) is 10.3. The number of unbranched alkanes of at least 4 members (excludes halogenated alkanes) is 1. The van der Waals surface area contributed by atoms with Crippen molar-refractivity contribution in [2.24, 2.45) is 5.92 Å². The molecule has 0 aliphatic carbocycles. The first-order chi connectivity index (χ1) is 11.8. The molecule has 0 bridgehead atoms. The van der Waals surface area contributed by atoms with E-state index >= 15 is 0 Å². The van der Waals surface area contributed by atoms with Crippen LogP contribution in [0.3, 0.4) is 0 Å². The van der Waals surface area contributed by atoms with Crippen molar-refractivity contribution in [1.29, 1.82) is 0 Å². The first-order valence-corrected chi connectivity index (χ1v) is 9.35. The molecule has 0 spiro atoms. The van der Waals surface area contributed by atoms with Crippen molar-refractivity contribution in [2.75, 3.05) is 18.8 Å². The van der Waals surface area contributed by atoms with E-state index in [0.717, 1.165) is 24.6 Å². The predicted octanol–water partition coefficient (Wildman–Crippen LogP) is 1.48. The van der Waals surface area contributed by atoms with Crippen LogP contribution in [0.1, 0.15) is 40.0 Å². The fraction of sp³-hybridized carbons (Fsp3) is 0.750. The van der Waals surface area contributed by atoms with Crippen LogP contribution in [0.4, 0.5) is 4.79 Å². The molecule has 1 heterocycles. The Balaban J connectivity index is 2.63. The lowest BCUT2D eigenvalue weighted by Crippen LogP contribution is -2.43. The molecule has 1 rings (SSSR count). The standard InChI is InChI=1S/C16H26N2O6S/c1-4-5-6-17-16(23)24-12-7-13(15(21)22)18(8-12)14(20)10(2)9-25-11(3)19/h10,12-13H,4-9H2,1-3H3,(H,17,23)(H,21,22)/t10?,12-,13+/m1/s1. The van der Waals surface area contributed by atoms with Crippen molar-refractivity contribution in [1.82, 2.24) is 10.2 Å². The van der Waals surface area contributed by atoms with Crippen LogP contribution in [0.2, 0.25) is 0 Å². The van der Waals surface area contributed by atoms with Crippen molar-refractivity contribution in [3.63, 3.8) is 0 Å². The number of carbonyl (C=O) groups is 4. The summed E-state index contributed by atoms with van der Waals surface area (Å²) in [4.78, 5) is 47.9. The number of carboxylic acids is 1. The lowest BCUT2D eigenvalue weighted by molar-refractivity contribution is -0.149. The van der Waals surface area contributed by atoms with Crippen LogP contribution in [-0.2, 0) is 19.1 Å². The third-order valence-corrected chi connectivity index (χ3v) is 4.94. The summed E-state index contributed by atoms with van der Waals surface area (Å²) < 4.78 is 5.23. The van der Waals surface area contributed by atoms with E-state index < -0.39 is 30.1 Å². The van der Waals surface area contributed by atoms with Gasteiger partial charge in [-0.3, -0.25) is 9.59 Å². The van der Waals surface area contributed by atoms with E-state index in [1.165, 1.54) is 11.8 Å². The van der Waals surface area contributed by atoms with Crippen molar-refractivity contribution in [3.05, 3.63) is 0 Å². The zero-order chi connectivity index (χ0) is 19.0. The molecule has 142 valence electrons. The highest BCUT2D eigenvalue weighted by atomic mass is 32.2. The van der Waals surface area contributed by atoms with E-state index in [9.17, 15) is 24.3 Å². The molecule has 1 aliphatic heterocycles. The number of aliphatic carboxylic acids is 1. The highest BCUT2D eigenvalue weighted by molar-refractivity contribution is 8.13. The first kappa shape index (κ1) is 21.3. The summed E-state index contributed by atoms with van der Waals surface area (Å²) in [5.74, 6) is -1.68. The lowest BCUT2D eigenvalue weighted by atomic mass is 10.1. The van der Waals surface area contributed by atoms with E-state index in [-0.39, 0.29) is 24.0 Å². The summed E-state index contributed by atoms with van der Waals surface area (Å²) in [6.45, 7) is 5.61. The molecule has 0 aromatic heterocycles. The van der Waals surface area contributed by atoms with E-state index in [2.05, 4.69) is 5.32 Å². The number of thioether (sulfide) groups is 1. The number of rotatable bonds is 8. The minimum atomic E-state index is -1.13. The smallest absolute Gasteiger partial charge is 0.407 e. The van der Waals surface area contributed by atoms with Crippen molar-refractivity contribution < 1.29 is 29.0 Å². The molecule has 2 amide bonds. The van der Waals surface area contributed by atoms with E-state index in [0.29, 0.717) is 12.3 Å². The van der Waals surface area contributed by atoms with E-state index in [1.54, 1.807) is 6.92 Å². The fourth-order valence-corrected chi connectivity index (χ4v) is 3.14. The average Bonchev–Trinajstić information content (AvgIpc) is 2.96. The van der Waals surface area contributed by atoms with Gasteiger partial charge in [-0.25, -0.2) is 9.59 Å². The summed E-state index contributed by atoms with van der Waals surface area (Å²) in [5, 5.41) is 11.9. The molecule has 0 aromatic rings. The molecule has 1 fully saturated rings. The summed E-state index contributed by atoms with van der Waals surface area (Å²) >= 11 is 1.03. The molecule has 2 N–H and O–H groups in total. The number of amides is 2. The molecule has 1 aliphatic rings.